The predicted molar refractivity (Wildman–Crippen MR) is 74.1 cm³/mol. The number of rotatable bonds is 6. The molecule has 1 saturated carbocycles. The minimum absolute atomic E-state index is 0.600. The van der Waals surface area contributed by atoms with Crippen molar-refractivity contribution in [1.82, 2.24) is 10.3 Å². The minimum atomic E-state index is 0.600. The fraction of sp³-hybridized carbons (Fsp3) is 0.667. The van der Waals surface area contributed by atoms with Gasteiger partial charge in [-0.2, -0.15) is 0 Å². The highest BCUT2D eigenvalue weighted by Gasteiger charge is 2.28. The maximum atomic E-state index is 5.67. The third-order valence-corrected chi connectivity index (χ3v) is 3.62. The Bertz CT molecular complexity index is 367. The van der Waals surface area contributed by atoms with Gasteiger partial charge in [0.05, 0.1) is 12.8 Å². The SMILES string of the molecule is CCCOc1cncc(C2CCCC2NCC)c1. The summed E-state index contributed by atoms with van der Waals surface area (Å²) in [6.07, 6.45) is 8.70. The highest BCUT2D eigenvalue weighted by molar-refractivity contribution is 5.28. The normalized spacial score (nSPS) is 23.2. The highest BCUT2D eigenvalue weighted by atomic mass is 16.5. The van der Waals surface area contributed by atoms with Gasteiger partial charge in [0.25, 0.3) is 0 Å². The molecule has 0 saturated heterocycles. The van der Waals surface area contributed by atoms with Crippen LogP contribution >= 0.6 is 0 Å². The zero-order valence-electron chi connectivity index (χ0n) is 11.5. The summed E-state index contributed by atoms with van der Waals surface area (Å²) >= 11 is 0. The van der Waals surface area contributed by atoms with Crippen LogP contribution in [0.3, 0.4) is 0 Å². The Balaban J connectivity index is 2.07. The lowest BCUT2D eigenvalue weighted by molar-refractivity contribution is 0.315. The molecule has 1 aliphatic rings. The Labute approximate surface area is 110 Å². The first-order valence-electron chi connectivity index (χ1n) is 7.16. The predicted octanol–water partition coefficient (Wildman–Crippen LogP) is 3.12. The molecule has 0 radical (unpaired) electrons. The van der Waals surface area contributed by atoms with Gasteiger partial charge in [-0.15, -0.1) is 0 Å². The Morgan fingerprint density at radius 2 is 2.22 bits per heavy atom. The van der Waals surface area contributed by atoms with E-state index in [1.54, 1.807) is 0 Å². The third-order valence-electron chi connectivity index (χ3n) is 3.62. The lowest BCUT2D eigenvalue weighted by atomic mass is 9.95. The van der Waals surface area contributed by atoms with Crippen molar-refractivity contribution in [1.29, 1.82) is 0 Å². The van der Waals surface area contributed by atoms with Gasteiger partial charge in [-0.3, -0.25) is 4.98 Å². The van der Waals surface area contributed by atoms with E-state index < -0.39 is 0 Å². The average molecular weight is 248 g/mol. The van der Waals surface area contributed by atoms with Crippen LogP contribution in [0.2, 0.25) is 0 Å². The van der Waals surface area contributed by atoms with Gasteiger partial charge in [0.1, 0.15) is 5.75 Å². The standard InChI is InChI=1S/C15H24N2O/c1-3-8-18-13-9-12(10-16-11-13)14-6-5-7-15(14)17-4-2/h9-11,14-15,17H,3-8H2,1-2H3. The summed E-state index contributed by atoms with van der Waals surface area (Å²) in [6.45, 7) is 6.11. The van der Waals surface area contributed by atoms with Gasteiger partial charge >= 0.3 is 0 Å². The van der Waals surface area contributed by atoms with Gasteiger partial charge < -0.3 is 10.1 Å². The third kappa shape index (κ3) is 3.22. The summed E-state index contributed by atoms with van der Waals surface area (Å²) in [5, 5.41) is 3.59. The fourth-order valence-electron chi connectivity index (χ4n) is 2.80. The van der Waals surface area contributed by atoms with Crippen LogP contribution in [-0.4, -0.2) is 24.2 Å². The zero-order chi connectivity index (χ0) is 12.8. The van der Waals surface area contributed by atoms with Gasteiger partial charge in [0, 0.05) is 18.2 Å². The largest absolute Gasteiger partial charge is 0.492 e. The molecule has 1 aliphatic carbocycles. The van der Waals surface area contributed by atoms with Gasteiger partial charge in [0.2, 0.25) is 0 Å². The smallest absolute Gasteiger partial charge is 0.137 e. The molecule has 0 aromatic carbocycles. The molecule has 1 aromatic rings. The van der Waals surface area contributed by atoms with Crippen LogP contribution in [0.1, 0.15) is 51.0 Å². The molecule has 2 rings (SSSR count). The van der Waals surface area contributed by atoms with E-state index in [-0.39, 0.29) is 0 Å². The van der Waals surface area contributed by atoms with Crippen molar-refractivity contribution in [2.45, 2.75) is 51.5 Å². The molecule has 18 heavy (non-hydrogen) atoms. The number of pyridine rings is 1. The molecule has 0 aliphatic heterocycles. The first-order chi connectivity index (χ1) is 8.85. The lowest BCUT2D eigenvalue weighted by Crippen LogP contribution is -2.30. The number of aromatic nitrogens is 1. The molecule has 0 bridgehead atoms. The summed E-state index contributed by atoms with van der Waals surface area (Å²) in [5.74, 6) is 1.51. The van der Waals surface area contributed by atoms with E-state index in [0.29, 0.717) is 12.0 Å². The van der Waals surface area contributed by atoms with Crippen LogP contribution in [0.4, 0.5) is 0 Å². The first-order valence-corrected chi connectivity index (χ1v) is 7.16. The molecule has 0 amide bonds. The second-order valence-corrected chi connectivity index (χ2v) is 5.00. The molecule has 1 aromatic heterocycles. The van der Waals surface area contributed by atoms with E-state index in [9.17, 15) is 0 Å². The second kappa shape index (κ2) is 6.74. The maximum Gasteiger partial charge on any atom is 0.137 e. The van der Waals surface area contributed by atoms with E-state index in [1.807, 2.05) is 12.4 Å². The molecule has 100 valence electrons. The Hall–Kier alpha value is -1.09. The minimum Gasteiger partial charge on any atom is -0.492 e. The average Bonchev–Trinajstić information content (AvgIpc) is 2.85. The quantitative estimate of drug-likeness (QED) is 0.840. The molecular weight excluding hydrogens is 224 g/mol. The highest BCUT2D eigenvalue weighted by Crippen LogP contribution is 2.35. The van der Waals surface area contributed by atoms with Crippen molar-refractivity contribution in [2.75, 3.05) is 13.2 Å². The lowest BCUT2D eigenvalue weighted by Gasteiger charge is -2.20. The zero-order valence-corrected chi connectivity index (χ0v) is 11.5. The van der Waals surface area contributed by atoms with Crippen molar-refractivity contribution in [3.63, 3.8) is 0 Å². The molecule has 2 atom stereocenters. The number of nitrogens with one attached hydrogen (secondary N) is 1. The molecule has 1 N–H and O–H groups in total. The maximum absolute atomic E-state index is 5.67. The summed E-state index contributed by atoms with van der Waals surface area (Å²) < 4.78 is 5.67. The Kier molecular flexibility index (Phi) is 5.00. The number of ether oxygens (including phenoxy) is 1. The summed E-state index contributed by atoms with van der Waals surface area (Å²) in [4.78, 5) is 4.32. The molecule has 3 nitrogen and oxygen atoms in total. The van der Waals surface area contributed by atoms with E-state index in [1.165, 1.54) is 24.8 Å². The van der Waals surface area contributed by atoms with Crippen molar-refractivity contribution in [2.24, 2.45) is 0 Å². The van der Waals surface area contributed by atoms with Gasteiger partial charge in [-0.1, -0.05) is 20.3 Å². The van der Waals surface area contributed by atoms with Crippen LogP contribution in [0.25, 0.3) is 0 Å². The summed E-state index contributed by atoms with van der Waals surface area (Å²) in [6, 6.07) is 2.78. The number of likely N-dealkylation sites (N-methyl/N-ethyl adjacent to an activating group) is 1. The molecule has 1 heterocycles. The van der Waals surface area contributed by atoms with Crippen molar-refractivity contribution < 1.29 is 4.74 Å². The van der Waals surface area contributed by atoms with Gasteiger partial charge in [0.15, 0.2) is 0 Å². The number of hydrogen-bond donors (Lipinski definition) is 1. The molecule has 0 spiro atoms. The monoisotopic (exact) mass is 248 g/mol. The summed E-state index contributed by atoms with van der Waals surface area (Å²) in [7, 11) is 0. The topological polar surface area (TPSA) is 34.1 Å². The molecular formula is C15H24N2O. The van der Waals surface area contributed by atoms with Crippen LogP contribution < -0.4 is 10.1 Å². The van der Waals surface area contributed by atoms with Crippen molar-refractivity contribution in [3.05, 3.63) is 24.0 Å². The van der Waals surface area contributed by atoms with E-state index >= 15 is 0 Å². The number of nitrogens with zero attached hydrogens (tertiary/aromatic N) is 1. The first kappa shape index (κ1) is 13.3. The van der Waals surface area contributed by atoms with Crippen LogP contribution in [0, 0.1) is 0 Å². The van der Waals surface area contributed by atoms with Crippen molar-refractivity contribution >= 4 is 0 Å². The molecule has 2 unspecified atom stereocenters. The van der Waals surface area contributed by atoms with E-state index in [0.717, 1.165) is 25.3 Å². The summed E-state index contributed by atoms with van der Waals surface area (Å²) in [5.41, 5.74) is 1.33. The fourth-order valence-corrected chi connectivity index (χ4v) is 2.80. The van der Waals surface area contributed by atoms with Gasteiger partial charge in [-0.05, 0) is 37.4 Å². The Morgan fingerprint density at radius 1 is 1.33 bits per heavy atom. The van der Waals surface area contributed by atoms with E-state index in [2.05, 4.69) is 30.2 Å². The van der Waals surface area contributed by atoms with Crippen LogP contribution in [-0.2, 0) is 0 Å². The van der Waals surface area contributed by atoms with Gasteiger partial charge in [-0.25, -0.2) is 0 Å². The van der Waals surface area contributed by atoms with Crippen molar-refractivity contribution in [3.8, 4) is 5.75 Å². The van der Waals surface area contributed by atoms with Crippen LogP contribution in [0.15, 0.2) is 18.5 Å². The Morgan fingerprint density at radius 3 is 3.00 bits per heavy atom. The van der Waals surface area contributed by atoms with Crippen LogP contribution in [0.5, 0.6) is 5.75 Å². The number of hydrogen-bond acceptors (Lipinski definition) is 3. The molecule has 1 fully saturated rings. The second-order valence-electron chi connectivity index (χ2n) is 5.00. The molecule has 3 heteroatoms. The van der Waals surface area contributed by atoms with E-state index in [4.69, 9.17) is 4.74 Å².